The summed E-state index contributed by atoms with van der Waals surface area (Å²) in [5.74, 6) is 1.05. The van der Waals surface area contributed by atoms with Crippen molar-refractivity contribution < 1.29 is 8.94 Å². The lowest BCUT2D eigenvalue weighted by atomic mass is 10.2. The Labute approximate surface area is 94.7 Å². The molecule has 0 aliphatic rings. The Morgan fingerprint density at radius 3 is 3.12 bits per heavy atom. The minimum atomic E-state index is 0.224. The summed E-state index contributed by atoms with van der Waals surface area (Å²) >= 11 is 0. The lowest BCUT2D eigenvalue weighted by molar-refractivity contribution is 0.429. The monoisotopic (exact) mass is 227 g/mol. The van der Waals surface area contributed by atoms with Crippen molar-refractivity contribution in [1.29, 1.82) is 5.26 Å². The van der Waals surface area contributed by atoms with Gasteiger partial charge in [-0.3, -0.25) is 5.10 Å². The number of nitrogens with zero attached hydrogens (tertiary/aromatic N) is 4. The summed E-state index contributed by atoms with van der Waals surface area (Å²) in [5, 5.41) is 18.9. The first kappa shape index (κ1) is 9.35. The Bertz CT molecular complexity index is 674. The third-order valence-electron chi connectivity index (χ3n) is 2.15. The molecule has 0 aliphatic carbocycles. The normalized spacial score (nSPS) is 10.3. The third kappa shape index (κ3) is 1.48. The van der Waals surface area contributed by atoms with E-state index in [1.54, 1.807) is 12.1 Å². The molecule has 3 aromatic heterocycles. The van der Waals surface area contributed by atoms with E-state index in [1.165, 1.54) is 12.5 Å². The van der Waals surface area contributed by atoms with Crippen LogP contribution in [0.1, 0.15) is 5.69 Å². The van der Waals surface area contributed by atoms with E-state index in [0.29, 0.717) is 17.1 Å². The molecule has 3 heterocycles. The number of H-pyrrole nitrogens is 1. The number of aromatic amines is 1. The van der Waals surface area contributed by atoms with Gasteiger partial charge in [0.25, 0.3) is 5.89 Å². The van der Waals surface area contributed by atoms with Gasteiger partial charge in [0.15, 0.2) is 5.76 Å². The molecule has 1 N–H and O–H groups in total. The number of nitriles is 1. The van der Waals surface area contributed by atoms with E-state index in [4.69, 9.17) is 14.2 Å². The molecule has 82 valence electrons. The Kier molecular flexibility index (Phi) is 1.98. The fourth-order valence-electron chi connectivity index (χ4n) is 1.37. The summed E-state index contributed by atoms with van der Waals surface area (Å²) in [6.45, 7) is 0. The van der Waals surface area contributed by atoms with Crippen LogP contribution in [-0.2, 0) is 0 Å². The maximum Gasteiger partial charge on any atom is 0.262 e. The maximum absolute atomic E-state index is 8.83. The zero-order chi connectivity index (χ0) is 11.7. The first-order valence-corrected chi connectivity index (χ1v) is 4.70. The van der Waals surface area contributed by atoms with Crippen molar-refractivity contribution in [2.45, 2.75) is 0 Å². The van der Waals surface area contributed by atoms with E-state index in [-0.39, 0.29) is 11.6 Å². The van der Waals surface area contributed by atoms with E-state index in [1.807, 2.05) is 6.07 Å². The topological polar surface area (TPSA) is 105 Å². The number of hydrogen-bond acceptors (Lipinski definition) is 6. The van der Waals surface area contributed by atoms with Crippen molar-refractivity contribution in [1.82, 2.24) is 20.3 Å². The van der Waals surface area contributed by atoms with Gasteiger partial charge >= 0.3 is 0 Å². The van der Waals surface area contributed by atoms with E-state index >= 15 is 0 Å². The van der Waals surface area contributed by atoms with Gasteiger partial charge in [-0.1, -0.05) is 5.16 Å². The SMILES string of the molecule is N#Cc1[nH]ncc1-c1nc(-c2ccco2)no1. The van der Waals surface area contributed by atoms with E-state index < -0.39 is 0 Å². The Balaban J connectivity index is 2.04. The summed E-state index contributed by atoms with van der Waals surface area (Å²) in [6, 6.07) is 5.39. The van der Waals surface area contributed by atoms with Crippen molar-refractivity contribution >= 4 is 0 Å². The molecule has 0 radical (unpaired) electrons. The highest BCUT2D eigenvalue weighted by molar-refractivity contribution is 5.61. The molecule has 0 bridgehead atoms. The number of hydrogen-bond donors (Lipinski definition) is 1. The zero-order valence-corrected chi connectivity index (χ0v) is 8.41. The highest BCUT2D eigenvalue weighted by Gasteiger charge is 2.16. The summed E-state index contributed by atoms with van der Waals surface area (Å²) in [7, 11) is 0. The van der Waals surface area contributed by atoms with Crippen molar-refractivity contribution in [2.24, 2.45) is 0 Å². The molecular weight excluding hydrogens is 222 g/mol. The number of nitrogens with one attached hydrogen (secondary N) is 1. The summed E-state index contributed by atoms with van der Waals surface area (Å²) in [6.07, 6.45) is 2.97. The number of aromatic nitrogens is 4. The molecule has 0 amide bonds. The Morgan fingerprint density at radius 1 is 1.41 bits per heavy atom. The molecule has 3 aromatic rings. The standard InChI is InChI=1S/C10H5N5O2/c11-4-7-6(5-12-14-7)10-13-9(15-17-10)8-2-1-3-16-8/h1-3,5H,(H,12,14). The van der Waals surface area contributed by atoms with Crippen LogP contribution in [0.3, 0.4) is 0 Å². The van der Waals surface area contributed by atoms with E-state index in [2.05, 4.69) is 20.3 Å². The van der Waals surface area contributed by atoms with Gasteiger partial charge in [-0.25, -0.2) is 0 Å². The average molecular weight is 227 g/mol. The molecule has 17 heavy (non-hydrogen) atoms. The number of rotatable bonds is 2. The molecule has 0 unspecified atom stereocenters. The lowest BCUT2D eigenvalue weighted by Gasteiger charge is -1.85. The average Bonchev–Trinajstić information content (AvgIpc) is 3.09. The minimum Gasteiger partial charge on any atom is -0.461 e. The van der Waals surface area contributed by atoms with E-state index in [9.17, 15) is 0 Å². The summed E-state index contributed by atoms with van der Waals surface area (Å²) in [5.41, 5.74) is 0.748. The fraction of sp³-hybridized carbons (Fsp3) is 0. The van der Waals surface area contributed by atoms with Crippen molar-refractivity contribution in [2.75, 3.05) is 0 Å². The van der Waals surface area contributed by atoms with Crippen LogP contribution in [0.4, 0.5) is 0 Å². The second-order valence-electron chi connectivity index (χ2n) is 3.17. The van der Waals surface area contributed by atoms with Crippen molar-refractivity contribution in [3.05, 3.63) is 30.3 Å². The second kappa shape index (κ2) is 3.61. The van der Waals surface area contributed by atoms with Gasteiger partial charge in [-0.2, -0.15) is 15.3 Å². The lowest BCUT2D eigenvalue weighted by Crippen LogP contribution is -1.81. The largest absolute Gasteiger partial charge is 0.461 e. The zero-order valence-electron chi connectivity index (χ0n) is 8.41. The van der Waals surface area contributed by atoms with E-state index in [0.717, 1.165) is 0 Å². The van der Waals surface area contributed by atoms with Gasteiger partial charge in [-0.05, 0) is 12.1 Å². The molecule has 0 saturated carbocycles. The molecule has 0 atom stereocenters. The predicted octanol–water partition coefficient (Wildman–Crippen LogP) is 1.59. The van der Waals surface area contributed by atoms with Gasteiger partial charge in [-0.15, -0.1) is 0 Å². The smallest absolute Gasteiger partial charge is 0.262 e. The highest BCUT2D eigenvalue weighted by Crippen LogP contribution is 2.23. The van der Waals surface area contributed by atoms with Crippen LogP contribution in [0, 0.1) is 11.3 Å². The minimum absolute atomic E-state index is 0.224. The fourth-order valence-corrected chi connectivity index (χ4v) is 1.37. The van der Waals surface area contributed by atoms with Crippen LogP contribution >= 0.6 is 0 Å². The van der Waals surface area contributed by atoms with Crippen molar-refractivity contribution in [3.8, 4) is 29.1 Å². The molecule has 0 spiro atoms. The second-order valence-corrected chi connectivity index (χ2v) is 3.17. The van der Waals surface area contributed by atoms with Crippen LogP contribution < -0.4 is 0 Å². The van der Waals surface area contributed by atoms with Crippen LogP contribution in [-0.4, -0.2) is 20.3 Å². The third-order valence-corrected chi connectivity index (χ3v) is 2.15. The molecule has 0 aromatic carbocycles. The van der Waals surface area contributed by atoms with Gasteiger partial charge in [0.05, 0.1) is 18.0 Å². The van der Waals surface area contributed by atoms with Crippen LogP contribution in [0.2, 0.25) is 0 Å². The molecule has 0 fully saturated rings. The molecule has 3 rings (SSSR count). The summed E-state index contributed by atoms with van der Waals surface area (Å²) in [4.78, 5) is 4.12. The van der Waals surface area contributed by atoms with Gasteiger partial charge in [0.1, 0.15) is 11.8 Å². The van der Waals surface area contributed by atoms with Gasteiger partial charge in [0.2, 0.25) is 5.82 Å². The summed E-state index contributed by atoms with van der Waals surface area (Å²) < 4.78 is 10.2. The van der Waals surface area contributed by atoms with Crippen LogP contribution in [0.5, 0.6) is 0 Å². The van der Waals surface area contributed by atoms with Crippen molar-refractivity contribution in [3.63, 3.8) is 0 Å². The molecular formula is C10H5N5O2. The molecule has 7 heteroatoms. The van der Waals surface area contributed by atoms with Crippen LogP contribution in [0.25, 0.3) is 23.0 Å². The first-order chi connectivity index (χ1) is 8.38. The molecule has 0 aliphatic heterocycles. The Hall–Kier alpha value is -2.88. The molecule has 0 saturated heterocycles. The Morgan fingerprint density at radius 2 is 2.35 bits per heavy atom. The quantitative estimate of drug-likeness (QED) is 0.712. The predicted molar refractivity (Wildman–Crippen MR) is 54.3 cm³/mol. The molecule has 7 nitrogen and oxygen atoms in total. The number of furan rings is 1. The van der Waals surface area contributed by atoms with Gasteiger partial charge < -0.3 is 8.94 Å². The highest BCUT2D eigenvalue weighted by atomic mass is 16.5. The van der Waals surface area contributed by atoms with Gasteiger partial charge in [0, 0.05) is 0 Å². The first-order valence-electron chi connectivity index (χ1n) is 4.70. The maximum atomic E-state index is 8.83. The van der Waals surface area contributed by atoms with Crippen LogP contribution in [0.15, 0.2) is 33.5 Å².